The van der Waals surface area contributed by atoms with E-state index in [9.17, 15) is 9.90 Å². The number of aliphatic hydroxyl groups is 1. The van der Waals surface area contributed by atoms with Crippen LogP contribution in [0.15, 0.2) is 24.3 Å². The summed E-state index contributed by atoms with van der Waals surface area (Å²) >= 11 is 0. The van der Waals surface area contributed by atoms with Crippen molar-refractivity contribution in [3.63, 3.8) is 0 Å². The van der Waals surface area contributed by atoms with Gasteiger partial charge in [-0.1, -0.05) is 38.1 Å². The highest BCUT2D eigenvalue weighted by molar-refractivity contribution is 5.81. The fourth-order valence-electron chi connectivity index (χ4n) is 5.30. The molecule has 1 amide bonds. The van der Waals surface area contributed by atoms with Crippen LogP contribution in [0, 0.1) is 11.3 Å². The Hall–Kier alpha value is -1.35. The molecule has 2 aliphatic carbocycles. The maximum atomic E-state index is 12.5. The van der Waals surface area contributed by atoms with Crippen molar-refractivity contribution in [3.05, 3.63) is 35.4 Å². The van der Waals surface area contributed by atoms with E-state index in [0.29, 0.717) is 30.1 Å². The van der Waals surface area contributed by atoms with Gasteiger partial charge in [0.05, 0.1) is 5.60 Å². The number of amides is 1. The van der Waals surface area contributed by atoms with Gasteiger partial charge >= 0.3 is 0 Å². The van der Waals surface area contributed by atoms with Gasteiger partial charge in [-0.05, 0) is 62.0 Å². The molecule has 3 heteroatoms. The molecule has 136 valence electrons. The number of rotatable bonds is 3. The van der Waals surface area contributed by atoms with Gasteiger partial charge in [0.25, 0.3) is 0 Å². The second-order valence-electron chi connectivity index (χ2n) is 9.56. The maximum Gasteiger partial charge on any atom is 0.225 e. The molecule has 25 heavy (non-hydrogen) atoms. The standard InChI is InChI=1S/C22H31NO2/c1-15(2)16-5-4-6-17(9-16)18-7-8-22(12-18)13-23(14-22)20(24)19-10-21(3,25)11-19/h4-6,9,15,18-19,25H,7-8,10-14H2,1-3H3/t18-,19-,21+/m0/s1. The van der Waals surface area contributed by atoms with Gasteiger partial charge in [0.1, 0.15) is 0 Å². The van der Waals surface area contributed by atoms with Crippen molar-refractivity contribution in [3.8, 4) is 0 Å². The van der Waals surface area contributed by atoms with E-state index in [1.54, 1.807) is 0 Å². The molecule has 3 nitrogen and oxygen atoms in total. The molecule has 1 saturated heterocycles. The van der Waals surface area contributed by atoms with E-state index in [1.165, 1.54) is 30.4 Å². The Balaban J connectivity index is 1.35. The molecule has 2 saturated carbocycles. The van der Waals surface area contributed by atoms with E-state index in [0.717, 1.165) is 13.1 Å². The maximum absolute atomic E-state index is 12.5. The van der Waals surface area contributed by atoms with Crippen LogP contribution in [0.2, 0.25) is 0 Å². The first kappa shape index (κ1) is 17.1. The predicted molar refractivity (Wildman–Crippen MR) is 99.5 cm³/mol. The molecule has 0 aromatic heterocycles. The summed E-state index contributed by atoms with van der Waals surface area (Å²) in [7, 11) is 0. The molecular formula is C22H31NO2. The first-order valence-electron chi connectivity index (χ1n) is 9.88. The number of hydrogen-bond acceptors (Lipinski definition) is 2. The third-order valence-electron chi connectivity index (χ3n) is 6.84. The van der Waals surface area contributed by atoms with E-state index in [-0.39, 0.29) is 11.8 Å². The molecule has 3 fully saturated rings. The molecule has 1 atom stereocenters. The number of likely N-dealkylation sites (tertiary alicyclic amines) is 1. The summed E-state index contributed by atoms with van der Waals surface area (Å²) < 4.78 is 0. The molecule has 4 rings (SSSR count). The van der Waals surface area contributed by atoms with Gasteiger partial charge in [0.2, 0.25) is 5.91 Å². The fraction of sp³-hybridized carbons (Fsp3) is 0.682. The zero-order valence-electron chi connectivity index (χ0n) is 15.8. The molecule has 0 bridgehead atoms. The summed E-state index contributed by atoms with van der Waals surface area (Å²) in [5, 5.41) is 9.86. The Bertz CT molecular complexity index is 664. The molecule has 1 heterocycles. The molecular weight excluding hydrogens is 310 g/mol. The Labute approximate surface area is 151 Å². The summed E-state index contributed by atoms with van der Waals surface area (Å²) in [6, 6.07) is 9.12. The van der Waals surface area contributed by atoms with E-state index >= 15 is 0 Å². The van der Waals surface area contributed by atoms with Crippen LogP contribution in [-0.2, 0) is 4.79 Å². The molecule has 0 radical (unpaired) electrons. The SMILES string of the molecule is CC(C)c1cccc([C@H]2CCC3(C2)CN(C(=O)[C@H]2C[C@@](C)(O)C2)C3)c1. The van der Waals surface area contributed by atoms with Crippen LogP contribution in [0.1, 0.15) is 75.8 Å². The Kier molecular flexibility index (Phi) is 3.99. The summed E-state index contributed by atoms with van der Waals surface area (Å²) in [5.41, 5.74) is 2.67. The minimum absolute atomic E-state index is 0.0623. The number of carbonyl (C=O) groups excluding carboxylic acids is 1. The lowest BCUT2D eigenvalue weighted by Gasteiger charge is -2.52. The monoisotopic (exact) mass is 341 g/mol. The van der Waals surface area contributed by atoms with Crippen LogP contribution >= 0.6 is 0 Å². The summed E-state index contributed by atoms with van der Waals surface area (Å²) in [5.74, 6) is 1.57. The normalized spacial score (nSPS) is 33.4. The third kappa shape index (κ3) is 3.12. The lowest BCUT2D eigenvalue weighted by Crippen LogP contribution is -2.61. The van der Waals surface area contributed by atoms with Gasteiger partial charge in [0.15, 0.2) is 0 Å². The number of carbonyl (C=O) groups is 1. The van der Waals surface area contributed by atoms with Gasteiger partial charge in [-0.15, -0.1) is 0 Å². The summed E-state index contributed by atoms with van der Waals surface area (Å²) in [6.07, 6.45) is 5.00. The largest absolute Gasteiger partial charge is 0.390 e. The smallest absolute Gasteiger partial charge is 0.225 e. The summed E-state index contributed by atoms with van der Waals surface area (Å²) in [6.45, 7) is 8.21. The van der Waals surface area contributed by atoms with E-state index < -0.39 is 5.60 Å². The van der Waals surface area contributed by atoms with E-state index in [1.807, 2.05) is 11.8 Å². The van der Waals surface area contributed by atoms with Crippen molar-refractivity contribution in [1.82, 2.24) is 4.90 Å². The topological polar surface area (TPSA) is 40.5 Å². The average Bonchev–Trinajstić information content (AvgIpc) is 2.96. The zero-order chi connectivity index (χ0) is 17.8. The Morgan fingerprint density at radius 1 is 1.24 bits per heavy atom. The van der Waals surface area contributed by atoms with Crippen molar-refractivity contribution in [1.29, 1.82) is 0 Å². The quantitative estimate of drug-likeness (QED) is 0.900. The second-order valence-corrected chi connectivity index (χ2v) is 9.56. The molecule has 0 unspecified atom stereocenters. The average molecular weight is 341 g/mol. The van der Waals surface area contributed by atoms with Crippen molar-refractivity contribution >= 4 is 5.91 Å². The first-order valence-corrected chi connectivity index (χ1v) is 9.88. The van der Waals surface area contributed by atoms with E-state index in [2.05, 4.69) is 38.1 Å². The fourth-order valence-corrected chi connectivity index (χ4v) is 5.30. The number of nitrogens with zero attached hydrogens (tertiary/aromatic N) is 1. The zero-order valence-corrected chi connectivity index (χ0v) is 15.8. The first-order chi connectivity index (χ1) is 11.8. The van der Waals surface area contributed by atoms with Crippen molar-refractivity contribution in [2.24, 2.45) is 11.3 Å². The molecule has 1 aromatic rings. The lowest BCUT2D eigenvalue weighted by atomic mass is 9.69. The van der Waals surface area contributed by atoms with Crippen LogP contribution in [0.25, 0.3) is 0 Å². The second kappa shape index (κ2) is 5.84. The number of benzene rings is 1. The third-order valence-corrected chi connectivity index (χ3v) is 6.84. The minimum Gasteiger partial charge on any atom is -0.390 e. The van der Waals surface area contributed by atoms with Gasteiger partial charge in [-0.25, -0.2) is 0 Å². The van der Waals surface area contributed by atoms with Crippen LogP contribution in [0.5, 0.6) is 0 Å². The van der Waals surface area contributed by atoms with Crippen LogP contribution in [-0.4, -0.2) is 34.6 Å². The van der Waals surface area contributed by atoms with Crippen molar-refractivity contribution in [2.75, 3.05) is 13.1 Å². The molecule has 3 aliphatic rings. The Morgan fingerprint density at radius 2 is 1.96 bits per heavy atom. The van der Waals surface area contributed by atoms with Crippen LogP contribution in [0.4, 0.5) is 0 Å². The highest BCUT2D eigenvalue weighted by Crippen LogP contribution is 2.53. The predicted octanol–water partition coefficient (Wildman–Crippen LogP) is 4.07. The molecule has 1 aromatic carbocycles. The molecule has 1 N–H and O–H groups in total. The highest BCUT2D eigenvalue weighted by atomic mass is 16.3. The highest BCUT2D eigenvalue weighted by Gasteiger charge is 2.53. The lowest BCUT2D eigenvalue weighted by molar-refractivity contribution is -0.161. The summed E-state index contributed by atoms with van der Waals surface area (Å²) in [4.78, 5) is 14.6. The Morgan fingerprint density at radius 3 is 2.60 bits per heavy atom. The van der Waals surface area contributed by atoms with E-state index in [4.69, 9.17) is 0 Å². The van der Waals surface area contributed by atoms with Crippen molar-refractivity contribution in [2.45, 2.75) is 70.3 Å². The van der Waals surface area contributed by atoms with Gasteiger partial charge < -0.3 is 10.0 Å². The van der Waals surface area contributed by atoms with Crippen LogP contribution in [0.3, 0.4) is 0 Å². The van der Waals surface area contributed by atoms with Gasteiger partial charge in [0, 0.05) is 24.4 Å². The van der Waals surface area contributed by atoms with Crippen LogP contribution < -0.4 is 0 Å². The molecule has 1 spiro atoms. The van der Waals surface area contributed by atoms with Gasteiger partial charge in [-0.2, -0.15) is 0 Å². The minimum atomic E-state index is -0.608. The van der Waals surface area contributed by atoms with Gasteiger partial charge in [-0.3, -0.25) is 4.79 Å². The number of hydrogen-bond donors (Lipinski definition) is 1. The molecule has 1 aliphatic heterocycles. The van der Waals surface area contributed by atoms with Crippen molar-refractivity contribution < 1.29 is 9.90 Å².